The molecule has 112 valence electrons. The normalized spacial score (nSPS) is 23.7. The second kappa shape index (κ2) is 8.38. The number of nitrogens with zero attached hydrogens (tertiary/aromatic N) is 2. The maximum atomic E-state index is 12.1. The van der Waals surface area contributed by atoms with Gasteiger partial charge in [0.25, 0.3) is 0 Å². The molecule has 0 aromatic carbocycles. The zero-order valence-electron chi connectivity index (χ0n) is 12.8. The van der Waals surface area contributed by atoms with Gasteiger partial charge < -0.3 is 19.9 Å². The van der Waals surface area contributed by atoms with E-state index in [0.717, 1.165) is 13.1 Å². The molecule has 1 aliphatic rings. The molecule has 0 saturated carbocycles. The lowest BCUT2D eigenvalue weighted by atomic mass is 10.1. The van der Waals surface area contributed by atoms with Crippen molar-refractivity contribution in [1.29, 1.82) is 0 Å². The number of morpholine rings is 1. The van der Waals surface area contributed by atoms with Gasteiger partial charge in [-0.15, -0.1) is 0 Å². The topological polar surface area (TPSA) is 44.8 Å². The highest BCUT2D eigenvalue weighted by Gasteiger charge is 2.28. The van der Waals surface area contributed by atoms with Crippen LogP contribution in [0.3, 0.4) is 0 Å². The number of hydrogen-bond donors (Lipinski definition) is 1. The van der Waals surface area contributed by atoms with Crippen LogP contribution in [0.2, 0.25) is 0 Å². The van der Waals surface area contributed by atoms with Gasteiger partial charge in [0.1, 0.15) is 0 Å². The number of nitrogens with one attached hydrogen (secondary N) is 1. The predicted octanol–water partition coefficient (Wildman–Crippen LogP) is 1.54. The van der Waals surface area contributed by atoms with E-state index in [2.05, 4.69) is 24.2 Å². The Morgan fingerprint density at radius 1 is 1.42 bits per heavy atom. The maximum absolute atomic E-state index is 12.1. The molecule has 2 amide bonds. The molecule has 0 radical (unpaired) electrons. The van der Waals surface area contributed by atoms with Crippen LogP contribution in [0.5, 0.6) is 0 Å². The molecular formula is C14H29N3O2. The molecule has 1 N–H and O–H groups in total. The van der Waals surface area contributed by atoms with Crippen LogP contribution in [0.4, 0.5) is 4.79 Å². The Balaban J connectivity index is 2.23. The van der Waals surface area contributed by atoms with E-state index in [4.69, 9.17) is 4.74 Å². The van der Waals surface area contributed by atoms with Crippen molar-refractivity contribution in [2.24, 2.45) is 0 Å². The highest BCUT2D eigenvalue weighted by atomic mass is 16.5. The third kappa shape index (κ3) is 5.37. The summed E-state index contributed by atoms with van der Waals surface area (Å²) in [7, 11) is 2.10. The average molecular weight is 271 g/mol. The van der Waals surface area contributed by atoms with E-state index in [1.54, 1.807) is 0 Å². The molecule has 5 nitrogen and oxygen atoms in total. The highest BCUT2D eigenvalue weighted by molar-refractivity contribution is 5.74. The molecule has 0 bridgehead atoms. The monoisotopic (exact) mass is 271 g/mol. The summed E-state index contributed by atoms with van der Waals surface area (Å²) in [6.07, 6.45) is 2.54. The van der Waals surface area contributed by atoms with Gasteiger partial charge >= 0.3 is 6.03 Å². The minimum atomic E-state index is 0.0338. The van der Waals surface area contributed by atoms with Gasteiger partial charge in [0, 0.05) is 19.6 Å². The van der Waals surface area contributed by atoms with Crippen molar-refractivity contribution in [3.63, 3.8) is 0 Å². The van der Waals surface area contributed by atoms with E-state index >= 15 is 0 Å². The molecule has 0 spiro atoms. The van der Waals surface area contributed by atoms with E-state index < -0.39 is 0 Å². The number of hydrogen-bond acceptors (Lipinski definition) is 3. The first-order valence-electron chi connectivity index (χ1n) is 7.40. The van der Waals surface area contributed by atoms with Crippen molar-refractivity contribution in [3.8, 4) is 0 Å². The number of rotatable bonds is 6. The van der Waals surface area contributed by atoms with Crippen LogP contribution in [-0.2, 0) is 4.74 Å². The molecule has 1 fully saturated rings. The summed E-state index contributed by atoms with van der Waals surface area (Å²) in [4.78, 5) is 16.2. The van der Waals surface area contributed by atoms with Crippen LogP contribution in [0.1, 0.15) is 33.6 Å². The SMILES string of the molecule is CCCCN(C)CCNC(=O)N1CCO[C@@H](C)[C@@H]1C. The summed E-state index contributed by atoms with van der Waals surface area (Å²) in [6.45, 7) is 10.3. The van der Waals surface area contributed by atoms with Crippen LogP contribution in [0.25, 0.3) is 0 Å². The van der Waals surface area contributed by atoms with E-state index in [1.807, 2.05) is 18.7 Å². The highest BCUT2D eigenvalue weighted by Crippen LogP contribution is 2.13. The van der Waals surface area contributed by atoms with E-state index in [-0.39, 0.29) is 18.2 Å². The summed E-state index contributed by atoms with van der Waals surface area (Å²) in [6, 6.07) is 0.179. The first-order chi connectivity index (χ1) is 9.06. The van der Waals surface area contributed by atoms with Crippen molar-refractivity contribution in [2.75, 3.05) is 39.8 Å². The van der Waals surface area contributed by atoms with Gasteiger partial charge in [0.2, 0.25) is 0 Å². The lowest BCUT2D eigenvalue weighted by Gasteiger charge is -2.37. The second-order valence-corrected chi connectivity index (χ2v) is 5.40. The van der Waals surface area contributed by atoms with Gasteiger partial charge in [0.05, 0.1) is 18.8 Å². The van der Waals surface area contributed by atoms with Gasteiger partial charge in [0.15, 0.2) is 0 Å². The standard InChI is InChI=1S/C14H29N3O2/c1-5-6-8-16(4)9-7-15-14(18)17-10-11-19-13(3)12(17)2/h12-13H,5-11H2,1-4H3,(H,15,18)/t12-,13-/m0/s1. The first kappa shape index (κ1) is 16.2. The molecule has 0 aromatic heterocycles. The molecule has 0 unspecified atom stereocenters. The number of amides is 2. The van der Waals surface area contributed by atoms with Crippen LogP contribution < -0.4 is 5.32 Å². The van der Waals surface area contributed by atoms with Gasteiger partial charge in [-0.25, -0.2) is 4.79 Å². The average Bonchev–Trinajstić information content (AvgIpc) is 2.39. The van der Waals surface area contributed by atoms with E-state index in [0.29, 0.717) is 19.7 Å². The molecule has 1 saturated heterocycles. The molecule has 0 aromatic rings. The number of carbonyl (C=O) groups is 1. The van der Waals surface area contributed by atoms with Gasteiger partial charge in [-0.05, 0) is 33.9 Å². The number of unbranched alkanes of at least 4 members (excludes halogenated alkanes) is 1. The summed E-state index contributed by atoms with van der Waals surface area (Å²) in [5, 5.41) is 3.00. The van der Waals surface area contributed by atoms with Crippen molar-refractivity contribution < 1.29 is 9.53 Å². The Bertz CT molecular complexity index is 273. The Kier molecular flexibility index (Phi) is 7.16. The Hall–Kier alpha value is -0.810. The smallest absolute Gasteiger partial charge is 0.317 e. The van der Waals surface area contributed by atoms with Crippen LogP contribution in [-0.4, -0.2) is 67.8 Å². The number of carbonyl (C=O) groups excluding carboxylic acids is 1. The van der Waals surface area contributed by atoms with E-state index in [1.165, 1.54) is 12.8 Å². The number of likely N-dealkylation sites (N-methyl/N-ethyl adjacent to an activating group) is 1. The second-order valence-electron chi connectivity index (χ2n) is 5.40. The van der Waals surface area contributed by atoms with Crippen molar-refractivity contribution in [1.82, 2.24) is 15.1 Å². The largest absolute Gasteiger partial charge is 0.375 e. The quantitative estimate of drug-likeness (QED) is 0.797. The maximum Gasteiger partial charge on any atom is 0.317 e. The minimum Gasteiger partial charge on any atom is -0.375 e. The Morgan fingerprint density at radius 2 is 2.16 bits per heavy atom. The molecule has 0 aliphatic carbocycles. The molecule has 5 heteroatoms. The van der Waals surface area contributed by atoms with Crippen LogP contribution in [0, 0.1) is 0 Å². The molecule has 1 heterocycles. The summed E-state index contributed by atoms with van der Waals surface area (Å²) in [5.41, 5.74) is 0. The van der Waals surface area contributed by atoms with E-state index in [9.17, 15) is 4.79 Å². The summed E-state index contributed by atoms with van der Waals surface area (Å²) < 4.78 is 5.53. The van der Waals surface area contributed by atoms with Gasteiger partial charge in [-0.3, -0.25) is 0 Å². The number of urea groups is 1. The molecule has 1 aliphatic heterocycles. The summed E-state index contributed by atoms with van der Waals surface area (Å²) in [5.74, 6) is 0. The minimum absolute atomic E-state index is 0.0338. The van der Waals surface area contributed by atoms with Gasteiger partial charge in [-0.2, -0.15) is 0 Å². The fraction of sp³-hybridized carbons (Fsp3) is 0.929. The summed E-state index contributed by atoms with van der Waals surface area (Å²) >= 11 is 0. The zero-order valence-corrected chi connectivity index (χ0v) is 12.8. The Morgan fingerprint density at radius 3 is 2.84 bits per heavy atom. The fourth-order valence-electron chi connectivity index (χ4n) is 2.21. The third-order valence-corrected chi connectivity index (χ3v) is 3.81. The lowest BCUT2D eigenvalue weighted by molar-refractivity contribution is -0.0376. The fourth-order valence-corrected chi connectivity index (χ4v) is 2.21. The van der Waals surface area contributed by atoms with Crippen molar-refractivity contribution >= 4 is 6.03 Å². The molecular weight excluding hydrogens is 242 g/mol. The lowest BCUT2D eigenvalue weighted by Crippen LogP contribution is -2.55. The molecule has 19 heavy (non-hydrogen) atoms. The number of ether oxygens (including phenoxy) is 1. The van der Waals surface area contributed by atoms with Crippen molar-refractivity contribution in [2.45, 2.75) is 45.8 Å². The zero-order chi connectivity index (χ0) is 14.3. The van der Waals surface area contributed by atoms with Crippen LogP contribution in [0.15, 0.2) is 0 Å². The Labute approximate surface area is 117 Å². The third-order valence-electron chi connectivity index (χ3n) is 3.81. The molecule has 2 atom stereocenters. The van der Waals surface area contributed by atoms with Crippen LogP contribution >= 0.6 is 0 Å². The predicted molar refractivity (Wildman–Crippen MR) is 77.4 cm³/mol. The van der Waals surface area contributed by atoms with Gasteiger partial charge in [-0.1, -0.05) is 13.3 Å². The first-order valence-corrected chi connectivity index (χ1v) is 7.40. The van der Waals surface area contributed by atoms with Crippen molar-refractivity contribution in [3.05, 3.63) is 0 Å². The molecule has 1 rings (SSSR count).